The minimum Gasteiger partial charge on any atom is -0.325 e. The van der Waals surface area contributed by atoms with Crippen molar-refractivity contribution >= 4 is 11.6 Å². The fourth-order valence-corrected chi connectivity index (χ4v) is 3.42. The van der Waals surface area contributed by atoms with Crippen LogP contribution in [0.1, 0.15) is 6.92 Å². The third kappa shape index (κ3) is 2.69. The second-order valence-corrected chi connectivity index (χ2v) is 5.81. The maximum absolute atomic E-state index is 13.1. The minimum absolute atomic E-state index is 0.0737. The number of nitrogens with zero attached hydrogens (tertiary/aromatic N) is 1. The maximum atomic E-state index is 13.1. The van der Waals surface area contributed by atoms with Crippen LogP contribution in [0.4, 0.5) is 10.1 Å². The van der Waals surface area contributed by atoms with Gasteiger partial charge in [-0.2, -0.15) is 0 Å². The Balaban J connectivity index is 1.57. The van der Waals surface area contributed by atoms with Crippen LogP contribution in [-0.2, 0) is 4.79 Å². The van der Waals surface area contributed by atoms with Crippen LogP contribution in [0.15, 0.2) is 24.3 Å². The lowest BCUT2D eigenvalue weighted by atomic mass is 9.95. The fourth-order valence-electron chi connectivity index (χ4n) is 3.42. The van der Waals surface area contributed by atoms with Gasteiger partial charge >= 0.3 is 0 Å². The second-order valence-electron chi connectivity index (χ2n) is 5.81. The van der Waals surface area contributed by atoms with Crippen molar-refractivity contribution in [3.8, 4) is 0 Å². The van der Waals surface area contributed by atoms with E-state index in [1.807, 2.05) is 0 Å². The molecule has 2 aliphatic rings. The summed E-state index contributed by atoms with van der Waals surface area (Å²) in [4.78, 5) is 14.3. The zero-order chi connectivity index (χ0) is 14.1. The molecule has 0 bridgehead atoms. The van der Waals surface area contributed by atoms with E-state index in [1.165, 1.54) is 12.1 Å². The predicted molar refractivity (Wildman–Crippen MR) is 75.9 cm³/mol. The molecular formula is C15H20FN3O. The molecule has 2 saturated heterocycles. The summed E-state index contributed by atoms with van der Waals surface area (Å²) in [5.74, 6) is 0.900. The van der Waals surface area contributed by atoms with E-state index in [-0.39, 0.29) is 11.7 Å². The van der Waals surface area contributed by atoms with Crippen LogP contribution in [0.25, 0.3) is 0 Å². The zero-order valence-electron chi connectivity index (χ0n) is 11.6. The maximum Gasteiger partial charge on any atom is 0.238 e. The molecule has 0 aliphatic carbocycles. The molecule has 0 saturated carbocycles. The van der Waals surface area contributed by atoms with Gasteiger partial charge in [-0.15, -0.1) is 0 Å². The molecule has 108 valence electrons. The summed E-state index contributed by atoms with van der Waals surface area (Å²) in [6, 6.07) is 6.43. The quantitative estimate of drug-likeness (QED) is 0.875. The summed E-state index contributed by atoms with van der Waals surface area (Å²) in [6.45, 7) is 5.64. The average Bonchev–Trinajstić information content (AvgIpc) is 2.94. The number of carbonyl (C=O) groups excluding carboxylic acids is 1. The molecule has 2 heterocycles. The van der Waals surface area contributed by atoms with Gasteiger partial charge in [0.25, 0.3) is 0 Å². The second kappa shape index (κ2) is 5.50. The molecule has 2 aliphatic heterocycles. The van der Waals surface area contributed by atoms with Gasteiger partial charge in [0.05, 0.1) is 6.54 Å². The number of halogens is 1. The molecule has 3 atom stereocenters. The van der Waals surface area contributed by atoms with Crippen LogP contribution in [-0.4, -0.2) is 43.0 Å². The van der Waals surface area contributed by atoms with Crippen molar-refractivity contribution in [3.05, 3.63) is 30.1 Å². The van der Waals surface area contributed by atoms with Gasteiger partial charge in [0, 0.05) is 18.3 Å². The smallest absolute Gasteiger partial charge is 0.238 e. The van der Waals surface area contributed by atoms with Crippen LogP contribution in [0.5, 0.6) is 0 Å². The van der Waals surface area contributed by atoms with Gasteiger partial charge in [-0.05, 0) is 50.0 Å². The molecule has 0 spiro atoms. The molecule has 4 nitrogen and oxygen atoms in total. The Hall–Kier alpha value is -1.46. The number of nitrogens with one attached hydrogen (secondary N) is 2. The van der Waals surface area contributed by atoms with Gasteiger partial charge in [0.15, 0.2) is 0 Å². The van der Waals surface area contributed by atoms with Crippen LogP contribution >= 0.6 is 0 Å². The average molecular weight is 277 g/mol. The number of carbonyl (C=O) groups is 1. The van der Waals surface area contributed by atoms with E-state index < -0.39 is 0 Å². The summed E-state index contributed by atoms with van der Waals surface area (Å²) in [6.07, 6.45) is 0. The Kier molecular flexibility index (Phi) is 3.72. The Morgan fingerprint density at radius 1 is 1.50 bits per heavy atom. The molecule has 20 heavy (non-hydrogen) atoms. The highest BCUT2D eigenvalue weighted by molar-refractivity contribution is 5.92. The highest BCUT2D eigenvalue weighted by Gasteiger charge is 2.42. The molecule has 1 aromatic rings. The number of fused-ring (bicyclic) bond motifs is 1. The van der Waals surface area contributed by atoms with Gasteiger partial charge in [0.2, 0.25) is 5.91 Å². The van der Waals surface area contributed by atoms with Gasteiger partial charge in [0.1, 0.15) is 5.82 Å². The lowest BCUT2D eigenvalue weighted by Gasteiger charge is -2.23. The molecule has 1 amide bonds. The number of rotatable bonds is 3. The van der Waals surface area contributed by atoms with Crippen molar-refractivity contribution in [1.82, 2.24) is 10.2 Å². The summed E-state index contributed by atoms with van der Waals surface area (Å²) < 4.78 is 13.1. The van der Waals surface area contributed by atoms with Gasteiger partial charge in [-0.25, -0.2) is 4.39 Å². The van der Waals surface area contributed by atoms with Crippen molar-refractivity contribution in [2.45, 2.75) is 13.0 Å². The van der Waals surface area contributed by atoms with Crippen LogP contribution in [0.2, 0.25) is 0 Å². The fraction of sp³-hybridized carbons (Fsp3) is 0.533. The van der Waals surface area contributed by atoms with E-state index in [4.69, 9.17) is 0 Å². The van der Waals surface area contributed by atoms with Crippen molar-refractivity contribution < 1.29 is 9.18 Å². The molecule has 0 radical (unpaired) electrons. The highest BCUT2D eigenvalue weighted by Crippen LogP contribution is 2.31. The topological polar surface area (TPSA) is 44.4 Å². The van der Waals surface area contributed by atoms with Crippen LogP contribution in [0, 0.1) is 17.7 Å². The van der Waals surface area contributed by atoms with E-state index >= 15 is 0 Å². The molecule has 3 rings (SSSR count). The van der Waals surface area contributed by atoms with Gasteiger partial charge in [-0.3, -0.25) is 9.69 Å². The number of anilines is 1. The van der Waals surface area contributed by atoms with Gasteiger partial charge < -0.3 is 10.6 Å². The number of benzene rings is 1. The molecule has 2 fully saturated rings. The van der Waals surface area contributed by atoms with E-state index in [1.54, 1.807) is 12.1 Å². The molecule has 3 unspecified atom stereocenters. The van der Waals surface area contributed by atoms with E-state index in [2.05, 4.69) is 22.5 Å². The Labute approximate surface area is 118 Å². The van der Waals surface area contributed by atoms with Crippen LogP contribution in [0.3, 0.4) is 0 Å². The third-order valence-electron chi connectivity index (χ3n) is 4.51. The Morgan fingerprint density at radius 3 is 3.10 bits per heavy atom. The normalized spacial score (nSPS) is 29.4. The Bertz CT molecular complexity index is 508. The monoisotopic (exact) mass is 277 g/mol. The molecule has 2 N–H and O–H groups in total. The number of amides is 1. The van der Waals surface area contributed by atoms with E-state index in [9.17, 15) is 9.18 Å². The standard InChI is InChI=1S/C15H20FN3O/c1-10-14-7-17-6-11(14)8-19(10)9-15(20)18-13-4-2-3-12(16)5-13/h2-5,10-11,14,17H,6-9H2,1H3,(H,18,20). The molecule has 0 aromatic heterocycles. The third-order valence-corrected chi connectivity index (χ3v) is 4.51. The summed E-state index contributed by atoms with van der Waals surface area (Å²) in [5, 5.41) is 6.17. The Morgan fingerprint density at radius 2 is 2.35 bits per heavy atom. The first-order chi connectivity index (χ1) is 9.63. The SMILES string of the molecule is CC1C2CNCC2CN1CC(=O)Nc1cccc(F)c1. The molecule has 1 aromatic carbocycles. The lowest BCUT2D eigenvalue weighted by Crippen LogP contribution is -2.38. The largest absolute Gasteiger partial charge is 0.325 e. The first kappa shape index (κ1) is 13.5. The first-order valence-corrected chi connectivity index (χ1v) is 7.13. The summed E-state index contributed by atoms with van der Waals surface area (Å²) >= 11 is 0. The predicted octanol–water partition coefficient (Wildman–Crippen LogP) is 1.30. The highest BCUT2D eigenvalue weighted by atomic mass is 19.1. The number of hydrogen-bond acceptors (Lipinski definition) is 3. The van der Waals surface area contributed by atoms with Crippen molar-refractivity contribution in [2.75, 3.05) is 31.5 Å². The molecular weight excluding hydrogens is 257 g/mol. The van der Waals surface area contributed by atoms with Crippen molar-refractivity contribution in [2.24, 2.45) is 11.8 Å². The first-order valence-electron chi connectivity index (χ1n) is 7.13. The number of hydrogen-bond donors (Lipinski definition) is 2. The van der Waals surface area contributed by atoms with E-state index in [0.29, 0.717) is 30.1 Å². The van der Waals surface area contributed by atoms with Crippen molar-refractivity contribution in [1.29, 1.82) is 0 Å². The van der Waals surface area contributed by atoms with Crippen LogP contribution < -0.4 is 10.6 Å². The summed E-state index contributed by atoms with van der Waals surface area (Å²) in [7, 11) is 0. The van der Waals surface area contributed by atoms with Gasteiger partial charge in [-0.1, -0.05) is 6.07 Å². The zero-order valence-corrected chi connectivity index (χ0v) is 11.6. The van der Waals surface area contributed by atoms with E-state index in [0.717, 1.165) is 19.6 Å². The lowest BCUT2D eigenvalue weighted by molar-refractivity contribution is -0.117. The minimum atomic E-state index is -0.335. The molecule has 5 heteroatoms. The number of likely N-dealkylation sites (tertiary alicyclic amines) is 1. The summed E-state index contributed by atoms with van der Waals surface area (Å²) in [5.41, 5.74) is 0.517. The van der Waals surface area contributed by atoms with Crippen molar-refractivity contribution in [3.63, 3.8) is 0 Å².